The van der Waals surface area contributed by atoms with Gasteiger partial charge in [-0.1, -0.05) is 25.5 Å². The zero-order valence-corrected chi connectivity index (χ0v) is 13.9. The van der Waals surface area contributed by atoms with E-state index < -0.39 is 5.60 Å². The van der Waals surface area contributed by atoms with Crippen LogP contribution in [0.15, 0.2) is 23.3 Å². The molecule has 0 bridgehead atoms. The van der Waals surface area contributed by atoms with Gasteiger partial charge in [-0.15, -0.1) is 0 Å². The third kappa shape index (κ3) is 1.79. The average molecular weight is 300 g/mol. The standard InChI is InChI=1S/C20H28O2/c1-3-13-5-7-17-16-6-4-14-12-15(21)8-11-20(14,22)18(16)9-10-19(13,17)2/h5,12,16-18,22H,3-4,6-11H2,1-2H3/t16-,17-,18-,19+,20+/m0/s1. The molecule has 0 spiro atoms. The fourth-order valence-electron chi connectivity index (χ4n) is 6.39. The fraction of sp³-hybridized carbons (Fsp3) is 0.750. The molecule has 4 rings (SSSR count). The van der Waals surface area contributed by atoms with E-state index in [-0.39, 0.29) is 5.78 Å². The van der Waals surface area contributed by atoms with Crippen molar-refractivity contribution < 1.29 is 9.90 Å². The third-order valence-corrected chi connectivity index (χ3v) is 7.56. The maximum atomic E-state index is 11.7. The quantitative estimate of drug-likeness (QED) is 0.737. The van der Waals surface area contributed by atoms with Crippen LogP contribution in [0.25, 0.3) is 0 Å². The molecular formula is C20H28O2. The lowest BCUT2D eigenvalue weighted by Gasteiger charge is -2.56. The van der Waals surface area contributed by atoms with E-state index in [1.807, 2.05) is 0 Å². The van der Waals surface area contributed by atoms with Crippen molar-refractivity contribution in [3.05, 3.63) is 23.3 Å². The summed E-state index contributed by atoms with van der Waals surface area (Å²) in [6.07, 6.45) is 12.3. The van der Waals surface area contributed by atoms with Gasteiger partial charge in [-0.3, -0.25) is 4.79 Å². The Hall–Kier alpha value is -0.890. The smallest absolute Gasteiger partial charge is 0.155 e. The van der Waals surface area contributed by atoms with Gasteiger partial charge in [0.25, 0.3) is 0 Å². The zero-order chi connectivity index (χ0) is 15.5. The normalized spacial score (nSPS) is 47.2. The van der Waals surface area contributed by atoms with Crippen LogP contribution in [-0.2, 0) is 4.79 Å². The molecule has 22 heavy (non-hydrogen) atoms. The van der Waals surface area contributed by atoms with E-state index in [1.54, 1.807) is 11.6 Å². The molecular weight excluding hydrogens is 272 g/mol. The van der Waals surface area contributed by atoms with Gasteiger partial charge in [-0.2, -0.15) is 0 Å². The number of hydrogen-bond donors (Lipinski definition) is 1. The number of aliphatic hydroxyl groups is 1. The summed E-state index contributed by atoms with van der Waals surface area (Å²) in [5, 5.41) is 11.4. The molecule has 0 saturated heterocycles. The molecule has 5 atom stereocenters. The van der Waals surface area contributed by atoms with E-state index in [0.29, 0.717) is 36.0 Å². The Morgan fingerprint density at radius 1 is 1.23 bits per heavy atom. The number of ketones is 1. The van der Waals surface area contributed by atoms with Crippen molar-refractivity contribution >= 4 is 5.78 Å². The number of fused-ring (bicyclic) bond motifs is 5. The topological polar surface area (TPSA) is 37.3 Å². The summed E-state index contributed by atoms with van der Waals surface area (Å²) in [4.78, 5) is 11.7. The summed E-state index contributed by atoms with van der Waals surface area (Å²) < 4.78 is 0. The average Bonchev–Trinajstić information content (AvgIpc) is 2.84. The number of hydrogen-bond acceptors (Lipinski definition) is 2. The molecule has 0 aromatic heterocycles. The van der Waals surface area contributed by atoms with Gasteiger partial charge in [0.05, 0.1) is 5.60 Å². The first kappa shape index (κ1) is 14.7. The van der Waals surface area contributed by atoms with E-state index in [0.717, 1.165) is 24.8 Å². The van der Waals surface area contributed by atoms with Crippen LogP contribution in [0.5, 0.6) is 0 Å². The predicted octanol–water partition coefficient (Wildman–Crippen LogP) is 4.19. The largest absolute Gasteiger partial charge is 0.385 e. The highest BCUT2D eigenvalue weighted by molar-refractivity contribution is 5.92. The van der Waals surface area contributed by atoms with Gasteiger partial charge in [0.2, 0.25) is 0 Å². The molecule has 0 radical (unpaired) electrons. The molecule has 0 amide bonds. The Labute approximate surface area is 133 Å². The molecule has 2 nitrogen and oxygen atoms in total. The summed E-state index contributed by atoms with van der Waals surface area (Å²) >= 11 is 0. The summed E-state index contributed by atoms with van der Waals surface area (Å²) in [6, 6.07) is 0. The maximum Gasteiger partial charge on any atom is 0.155 e. The highest BCUT2D eigenvalue weighted by Crippen LogP contribution is 2.63. The molecule has 0 heterocycles. The van der Waals surface area contributed by atoms with Crippen molar-refractivity contribution in [2.45, 2.75) is 70.8 Å². The van der Waals surface area contributed by atoms with E-state index in [2.05, 4.69) is 19.9 Å². The Morgan fingerprint density at radius 3 is 2.82 bits per heavy atom. The van der Waals surface area contributed by atoms with Crippen molar-refractivity contribution in [3.63, 3.8) is 0 Å². The SMILES string of the molecule is CCC1=CC[C@H]2[C@@H]3CCC4=CC(=O)CC[C@]4(O)[C@H]3CC[C@]12C. The van der Waals surface area contributed by atoms with Gasteiger partial charge in [0.15, 0.2) is 5.78 Å². The van der Waals surface area contributed by atoms with Crippen molar-refractivity contribution in [1.29, 1.82) is 0 Å². The number of carbonyl (C=O) groups is 1. The van der Waals surface area contributed by atoms with Gasteiger partial charge in [0, 0.05) is 6.42 Å². The number of carbonyl (C=O) groups excluding carboxylic acids is 1. The summed E-state index contributed by atoms with van der Waals surface area (Å²) in [7, 11) is 0. The van der Waals surface area contributed by atoms with Crippen LogP contribution >= 0.6 is 0 Å². The molecule has 2 saturated carbocycles. The molecule has 0 unspecified atom stereocenters. The Kier molecular flexibility index (Phi) is 3.21. The fourth-order valence-corrected chi connectivity index (χ4v) is 6.39. The summed E-state index contributed by atoms with van der Waals surface area (Å²) in [6.45, 7) is 4.75. The summed E-state index contributed by atoms with van der Waals surface area (Å²) in [5.74, 6) is 1.94. The minimum absolute atomic E-state index is 0.217. The van der Waals surface area contributed by atoms with Gasteiger partial charge < -0.3 is 5.11 Å². The van der Waals surface area contributed by atoms with Crippen LogP contribution in [0.1, 0.15) is 65.2 Å². The summed E-state index contributed by atoms with van der Waals surface area (Å²) in [5.41, 5.74) is 2.41. The molecule has 2 fully saturated rings. The first-order valence-electron chi connectivity index (χ1n) is 9.15. The minimum Gasteiger partial charge on any atom is -0.385 e. The second-order valence-electron chi connectivity index (χ2n) is 8.25. The van der Waals surface area contributed by atoms with Gasteiger partial charge in [-0.05, 0) is 79.8 Å². The van der Waals surface area contributed by atoms with E-state index in [4.69, 9.17) is 0 Å². The molecule has 120 valence electrons. The Morgan fingerprint density at radius 2 is 2.05 bits per heavy atom. The molecule has 4 aliphatic carbocycles. The lowest BCUT2D eigenvalue weighted by Crippen LogP contribution is -2.55. The monoisotopic (exact) mass is 300 g/mol. The third-order valence-electron chi connectivity index (χ3n) is 7.56. The highest BCUT2D eigenvalue weighted by Gasteiger charge is 2.57. The Balaban J connectivity index is 1.67. The lowest BCUT2D eigenvalue weighted by molar-refractivity contribution is -0.124. The Bertz CT molecular complexity index is 572. The highest BCUT2D eigenvalue weighted by atomic mass is 16.3. The van der Waals surface area contributed by atoms with Crippen molar-refractivity contribution in [3.8, 4) is 0 Å². The first-order valence-corrected chi connectivity index (χ1v) is 9.15. The van der Waals surface area contributed by atoms with Gasteiger partial charge >= 0.3 is 0 Å². The molecule has 0 aromatic rings. The lowest BCUT2D eigenvalue weighted by atomic mass is 9.50. The van der Waals surface area contributed by atoms with Crippen LogP contribution in [-0.4, -0.2) is 16.5 Å². The van der Waals surface area contributed by atoms with E-state index >= 15 is 0 Å². The van der Waals surface area contributed by atoms with Crippen LogP contribution in [0.4, 0.5) is 0 Å². The number of rotatable bonds is 1. The van der Waals surface area contributed by atoms with E-state index in [1.165, 1.54) is 19.3 Å². The molecule has 4 aliphatic rings. The van der Waals surface area contributed by atoms with Crippen molar-refractivity contribution in [2.24, 2.45) is 23.2 Å². The van der Waals surface area contributed by atoms with Crippen molar-refractivity contribution in [2.75, 3.05) is 0 Å². The molecule has 2 heteroatoms. The second-order valence-corrected chi connectivity index (χ2v) is 8.25. The zero-order valence-electron chi connectivity index (χ0n) is 13.9. The maximum absolute atomic E-state index is 11.7. The van der Waals surface area contributed by atoms with Gasteiger partial charge in [0.1, 0.15) is 0 Å². The minimum atomic E-state index is -0.673. The molecule has 0 aliphatic heterocycles. The first-order chi connectivity index (χ1) is 10.5. The van der Waals surface area contributed by atoms with Crippen LogP contribution in [0.3, 0.4) is 0 Å². The van der Waals surface area contributed by atoms with Crippen LogP contribution < -0.4 is 0 Å². The molecule has 0 aromatic carbocycles. The predicted molar refractivity (Wildman–Crippen MR) is 87.3 cm³/mol. The number of allylic oxidation sites excluding steroid dienone is 3. The van der Waals surface area contributed by atoms with Crippen LogP contribution in [0, 0.1) is 23.2 Å². The van der Waals surface area contributed by atoms with Crippen LogP contribution in [0.2, 0.25) is 0 Å². The van der Waals surface area contributed by atoms with Gasteiger partial charge in [-0.25, -0.2) is 0 Å². The second kappa shape index (κ2) is 4.80. The van der Waals surface area contributed by atoms with Crippen molar-refractivity contribution in [1.82, 2.24) is 0 Å². The molecule has 1 N–H and O–H groups in total. The van der Waals surface area contributed by atoms with E-state index in [9.17, 15) is 9.90 Å².